The second-order valence-electron chi connectivity index (χ2n) is 3.97. The van der Waals surface area contributed by atoms with Gasteiger partial charge in [0.2, 0.25) is 5.91 Å². The zero-order valence-corrected chi connectivity index (χ0v) is 11.4. The van der Waals surface area contributed by atoms with Gasteiger partial charge >= 0.3 is 0 Å². The smallest absolute Gasteiger partial charge is 0.239 e. The molecule has 0 saturated heterocycles. The van der Waals surface area contributed by atoms with E-state index < -0.39 is 0 Å². The van der Waals surface area contributed by atoms with Crippen LogP contribution < -0.4 is 21.9 Å². The summed E-state index contributed by atoms with van der Waals surface area (Å²) in [5, 5.41) is 3.32. The highest BCUT2D eigenvalue weighted by atomic mass is 32.1. The predicted octanol–water partition coefficient (Wildman–Crippen LogP) is 0.970. The van der Waals surface area contributed by atoms with Crippen molar-refractivity contribution in [2.75, 3.05) is 11.9 Å². The lowest BCUT2D eigenvalue weighted by Gasteiger charge is -2.12. The van der Waals surface area contributed by atoms with Gasteiger partial charge in [0.15, 0.2) is 5.11 Å². The molecule has 0 aliphatic heterocycles. The summed E-state index contributed by atoms with van der Waals surface area (Å²) in [5.74, 6) is -0.193. The largest absolute Gasteiger partial charge is 0.331 e. The van der Waals surface area contributed by atoms with Gasteiger partial charge in [-0.3, -0.25) is 15.6 Å². The summed E-state index contributed by atoms with van der Waals surface area (Å²) in [7, 11) is 0. The molecule has 0 saturated carbocycles. The number of rotatable bonds is 3. The highest BCUT2D eigenvalue weighted by Gasteiger charge is 2.01. The molecule has 6 heteroatoms. The lowest BCUT2D eigenvalue weighted by molar-refractivity contribution is -0.121. The second-order valence-corrected chi connectivity index (χ2v) is 4.37. The Morgan fingerprint density at radius 2 is 2.00 bits per heavy atom. The zero-order chi connectivity index (χ0) is 13.5. The molecule has 0 aromatic heterocycles. The monoisotopic (exact) mass is 266 g/mol. The first-order valence-electron chi connectivity index (χ1n) is 5.66. The average molecular weight is 266 g/mol. The van der Waals surface area contributed by atoms with E-state index in [1.165, 1.54) is 11.1 Å². The molecule has 1 amide bonds. The molecule has 0 heterocycles. The summed E-state index contributed by atoms with van der Waals surface area (Å²) in [6, 6.07) is 5.93. The second kappa shape index (κ2) is 6.93. The van der Waals surface area contributed by atoms with Crippen LogP contribution in [0.15, 0.2) is 18.2 Å². The van der Waals surface area contributed by atoms with Crippen LogP contribution in [-0.4, -0.2) is 17.6 Å². The highest BCUT2D eigenvalue weighted by Crippen LogP contribution is 2.13. The van der Waals surface area contributed by atoms with Crippen LogP contribution in [0.2, 0.25) is 0 Å². The number of anilines is 1. The van der Waals surface area contributed by atoms with E-state index in [1.54, 1.807) is 0 Å². The maximum Gasteiger partial charge on any atom is 0.239 e. The number of aryl methyl sites for hydroxylation is 2. The fourth-order valence-electron chi connectivity index (χ4n) is 1.30. The maximum absolute atomic E-state index is 11.2. The van der Waals surface area contributed by atoms with E-state index in [9.17, 15) is 4.79 Å². The number of hydrogen-bond donors (Lipinski definition) is 4. The zero-order valence-electron chi connectivity index (χ0n) is 10.5. The Labute approximate surface area is 112 Å². The molecule has 0 bridgehead atoms. The van der Waals surface area contributed by atoms with E-state index in [0.29, 0.717) is 11.7 Å². The predicted molar refractivity (Wildman–Crippen MR) is 77.1 cm³/mol. The molecule has 18 heavy (non-hydrogen) atoms. The molecule has 1 aromatic rings. The lowest BCUT2D eigenvalue weighted by Crippen LogP contribution is -2.44. The topological polar surface area (TPSA) is 79.2 Å². The molecule has 0 aliphatic carbocycles. The third-order valence-electron chi connectivity index (χ3n) is 2.45. The van der Waals surface area contributed by atoms with Crippen LogP contribution in [0.25, 0.3) is 0 Å². The fourth-order valence-corrected chi connectivity index (χ4v) is 1.47. The Kier molecular flexibility index (Phi) is 5.54. The highest BCUT2D eigenvalue weighted by molar-refractivity contribution is 7.80. The molecule has 0 fully saturated rings. The Hall–Kier alpha value is -1.66. The van der Waals surface area contributed by atoms with Crippen molar-refractivity contribution in [3.8, 4) is 0 Å². The number of hydrazine groups is 1. The van der Waals surface area contributed by atoms with Crippen molar-refractivity contribution in [2.45, 2.75) is 20.3 Å². The van der Waals surface area contributed by atoms with Gasteiger partial charge in [-0.25, -0.2) is 0 Å². The first-order valence-corrected chi connectivity index (χ1v) is 6.07. The van der Waals surface area contributed by atoms with Crippen molar-refractivity contribution in [3.05, 3.63) is 29.3 Å². The van der Waals surface area contributed by atoms with Gasteiger partial charge in [0.25, 0.3) is 0 Å². The Morgan fingerprint density at radius 1 is 1.28 bits per heavy atom. The summed E-state index contributed by atoms with van der Waals surface area (Å²) >= 11 is 5.05. The molecule has 98 valence electrons. The number of thiocarbonyl (C=S) groups is 1. The normalized spacial score (nSPS) is 9.72. The van der Waals surface area contributed by atoms with Gasteiger partial charge < -0.3 is 11.1 Å². The third-order valence-corrected chi connectivity index (χ3v) is 2.66. The lowest BCUT2D eigenvalue weighted by atomic mass is 10.1. The van der Waals surface area contributed by atoms with Crippen LogP contribution in [0.1, 0.15) is 17.5 Å². The molecule has 5 N–H and O–H groups in total. The van der Waals surface area contributed by atoms with Crippen LogP contribution in [0.3, 0.4) is 0 Å². The molecule has 0 spiro atoms. The molecule has 0 radical (unpaired) electrons. The van der Waals surface area contributed by atoms with E-state index in [2.05, 4.69) is 16.2 Å². The van der Waals surface area contributed by atoms with Gasteiger partial charge in [0.05, 0.1) is 0 Å². The Bertz CT molecular complexity index is 448. The summed E-state index contributed by atoms with van der Waals surface area (Å²) in [6.45, 7) is 4.38. The minimum atomic E-state index is -0.193. The van der Waals surface area contributed by atoms with Crippen molar-refractivity contribution in [2.24, 2.45) is 5.73 Å². The summed E-state index contributed by atoms with van der Waals surface area (Å²) in [4.78, 5) is 11.2. The molecule has 0 atom stereocenters. The molecule has 1 aromatic carbocycles. The number of carbonyl (C=O) groups is 1. The molecular formula is C12H18N4OS. The van der Waals surface area contributed by atoms with Crippen LogP contribution in [0, 0.1) is 13.8 Å². The number of hydrogen-bond acceptors (Lipinski definition) is 3. The van der Waals surface area contributed by atoms with E-state index in [0.717, 1.165) is 5.69 Å². The SMILES string of the molecule is Cc1ccc(NC(=S)NNC(=O)CCN)cc1C. The molecule has 0 unspecified atom stereocenters. The van der Waals surface area contributed by atoms with E-state index in [-0.39, 0.29) is 12.3 Å². The Balaban J connectivity index is 2.44. The number of nitrogens with two attached hydrogens (primary N) is 1. The number of carbonyl (C=O) groups excluding carboxylic acids is 1. The minimum absolute atomic E-state index is 0.193. The molecule has 0 aliphatic rings. The number of amides is 1. The summed E-state index contributed by atoms with van der Waals surface area (Å²) in [5.41, 5.74) is 13.6. The maximum atomic E-state index is 11.2. The quantitative estimate of drug-likeness (QED) is 0.484. The van der Waals surface area contributed by atoms with E-state index in [4.69, 9.17) is 18.0 Å². The van der Waals surface area contributed by atoms with Crippen molar-refractivity contribution in [1.82, 2.24) is 10.9 Å². The average Bonchev–Trinajstić information content (AvgIpc) is 2.32. The molecule has 5 nitrogen and oxygen atoms in total. The fraction of sp³-hybridized carbons (Fsp3) is 0.333. The standard InChI is InChI=1S/C12H18N4OS/c1-8-3-4-10(7-9(8)2)14-12(18)16-15-11(17)5-6-13/h3-4,7H,5-6,13H2,1-2H3,(H,15,17)(H2,14,16,18). The Morgan fingerprint density at radius 3 is 2.61 bits per heavy atom. The van der Waals surface area contributed by atoms with E-state index in [1.807, 2.05) is 32.0 Å². The third kappa shape index (κ3) is 4.68. The first kappa shape index (κ1) is 14.4. The molecular weight excluding hydrogens is 248 g/mol. The van der Waals surface area contributed by atoms with Gasteiger partial charge in [0, 0.05) is 18.7 Å². The van der Waals surface area contributed by atoms with Gasteiger partial charge in [-0.05, 0) is 49.3 Å². The van der Waals surface area contributed by atoms with Crippen molar-refractivity contribution in [3.63, 3.8) is 0 Å². The summed E-state index contributed by atoms with van der Waals surface area (Å²) in [6.07, 6.45) is 0.263. The van der Waals surface area contributed by atoms with Gasteiger partial charge in [-0.2, -0.15) is 0 Å². The van der Waals surface area contributed by atoms with Crippen molar-refractivity contribution < 1.29 is 4.79 Å². The van der Waals surface area contributed by atoms with Crippen molar-refractivity contribution in [1.29, 1.82) is 0 Å². The van der Waals surface area contributed by atoms with Crippen LogP contribution >= 0.6 is 12.2 Å². The molecule has 1 rings (SSSR count). The van der Waals surface area contributed by atoms with Gasteiger partial charge in [0.1, 0.15) is 0 Å². The number of benzene rings is 1. The van der Waals surface area contributed by atoms with Crippen LogP contribution in [0.4, 0.5) is 5.69 Å². The van der Waals surface area contributed by atoms with Crippen LogP contribution in [0.5, 0.6) is 0 Å². The van der Waals surface area contributed by atoms with E-state index >= 15 is 0 Å². The minimum Gasteiger partial charge on any atom is -0.331 e. The van der Waals surface area contributed by atoms with Crippen molar-refractivity contribution >= 4 is 28.9 Å². The number of nitrogens with one attached hydrogen (secondary N) is 3. The van der Waals surface area contributed by atoms with Gasteiger partial charge in [-0.15, -0.1) is 0 Å². The van der Waals surface area contributed by atoms with Crippen LogP contribution in [-0.2, 0) is 4.79 Å². The summed E-state index contributed by atoms with van der Waals surface area (Å²) < 4.78 is 0. The first-order chi connectivity index (χ1) is 8.52. The van der Waals surface area contributed by atoms with Gasteiger partial charge in [-0.1, -0.05) is 6.07 Å².